The van der Waals surface area contributed by atoms with Crippen LogP contribution in [0.1, 0.15) is 11.1 Å². The van der Waals surface area contributed by atoms with Gasteiger partial charge in [0, 0.05) is 13.1 Å². The lowest BCUT2D eigenvalue weighted by Crippen LogP contribution is -2.20. The molecular formula is C18H20FNO3S. The molecule has 2 aromatic rings. The molecule has 0 radical (unpaired) electrons. The lowest BCUT2D eigenvalue weighted by molar-refractivity contribution is 0.352. The quantitative estimate of drug-likeness (QED) is 0.800. The summed E-state index contributed by atoms with van der Waals surface area (Å²) < 4.78 is 44.3. The van der Waals surface area contributed by atoms with Crippen molar-refractivity contribution in [3.8, 4) is 5.75 Å². The van der Waals surface area contributed by atoms with Crippen LogP contribution in [0.25, 0.3) is 0 Å². The third-order valence-electron chi connectivity index (χ3n) is 4.43. The summed E-state index contributed by atoms with van der Waals surface area (Å²) in [6, 6.07) is 8.40. The van der Waals surface area contributed by atoms with Gasteiger partial charge in [-0.05, 0) is 67.4 Å². The molecule has 0 spiro atoms. The number of halogens is 1. The molecule has 0 N–H and O–H groups in total. The van der Waals surface area contributed by atoms with Gasteiger partial charge in [0.15, 0.2) is 0 Å². The van der Waals surface area contributed by atoms with E-state index < -0.39 is 15.7 Å². The molecule has 0 amide bonds. The lowest BCUT2D eigenvalue weighted by Gasteiger charge is -2.14. The van der Waals surface area contributed by atoms with Gasteiger partial charge in [0.25, 0.3) is 0 Å². The Morgan fingerprint density at radius 2 is 1.62 bits per heavy atom. The van der Waals surface area contributed by atoms with Crippen LogP contribution in [0, 0.1) is 5.82 Å². The highest BCUT2D eigenvalue weighted by Crippen LogP contribution is 2.33. The minimum Gasteiger partial charge on any atom is -0.495 e. The van der Waals surface area contributed by atoms with Crippen molar-refractivity contribution in [2.75, 3.05) is 27.2 Å². The fourth-order valence-corrected chi connectivity index (χ4v) is 4.41. The van der Waals surface area contributed by atoms with Gasteiger partial charge in [0.2, 0.25) is 9.84 Å². The zero-order chi connectivity index (χ0) is 17.3. The third-order valence-corrected chi connectivity index (χ3v) is 6.22. The van der Waals surface area contributed by atoms with E-state index in [0.717, 1.165) is 49.2 Å². The van der Waals surface area contributed by atoms with Gasteiger partial charge in [0.05, 0.1) is 12.0 Å². The summed E-state index contributed by atoms with van der Waals surface area (Å²) >= 11 is 0. The van der Waals surface area contributed by atoms with Crippen molar-refractivity contribution >= 4 is 9.84 Å². The van der Waals surface area contributed by atoms with Crippen molar-refractivity contribution in [2.45, 2.75) is 22.6 Å². The molecule has 0 aromatic heterocycles. The van der Waals surface area contributed by atoms with Crippen molar-refractivity contribution in [1.29, 1.82) is 0 Å². The Balaban J connectivity index is 2.11. The summed E-state index contributed by atoms with van der Waals surface area (Å²) in [5.74, 6) is -0.131. The maximum Gasteiger partial charge on any atom is 0.210 e. The smallest absolute Gasteiger partial charge is 0.210 e. The number of hydrogen-bond donors (Lipinski definition) is 0. The highest BCUT2D eigenvalue weighted by Gasteiger charge is 2.25. The molecule has 0 bridgehead atoms. The number of sulfone groups is 1. The van der Waals surface area contributed by atoms with Crippen molar-refractivity contribution in [2.24, 2.45) is 0 Å². The van der Waals surface area contributed by atoms with Gasteiger partial charge in [0.1, 0.15) is 16.5 Å². The van der Waals surface area contributed by atoms with Crippen LogP contribution in [0.15, 0.2) is 46.2 Å². The van der Waals surface area contributed by atoms with Gasteiger partial charge in [-0.2, -0.15) is 0 Å². The van der Waals surface area contributed by atoms with Gasteiger partial charge >= 0.3 is 0 Å². The maximum atomic E-state index is 13.1. The fourth-order valence-electron chi connectivity index (χ4n) is 2.95. The SMILES string of the molecule is COc1cc2c(cc1S(=O)(=O)c1ccc(F)cc1)CCN(C)CC2. The number of nitrogens with zero attached hydrogens (tertiary/aromatic N) is 1. The van der Waals surface area contributed by atoms with E-state index in [-0.39, 0.29) is 9.79 Å². The van der Waals surface area contributed by atoms with Crippen LogP contribution in [0.3, 0.4) is 0 Å². The number of benzene rings is 2. The largest absolute Gasteiger partial charge is 0.495 e. The summed E-state index contributed by atoms with van der Waals surface area (Å²) in [6.45, 7) is 1.82. The molecule has 0 saturated heterocycles. The number of ether oxygens (including phenoxy) is 1. The van der Waals surface area contributed by atoms with Crippen molar-refractivity contribution < 1.29 is 17.5 Å². The molecule has 4 nitrogen and oxygen atoms in total. The normalized spacial score (nSPS) is 15.6. The number of hydrogen-bond acceptors (Lipinski definition) is 4. The molecule has 1 aliphatic rings. The monoisotopic (exact) mass is 349 g/mol. The molecule has 0 saturated carbocycles. The van der Waals surface area contributed by atoms with Crippen molar-refractivity contribution in [3.05, 3.63) is 53.3 Å². The Bertz CT molecular complexity index is 847. The number of rotatable bonds is 3. The summed E-state index contributed by atoms with van der Waals surface area (Å²) in [4.78, 5) is 2.42. The zero-order valence-electron chi connectivity index (χ0n) is 13.8. The van der Waals surface area contributed by atoms with Crippen LogP contribution in [0.5, 0.6) is 5.75 Å². The first-order valence-electron chi connectivity index (χ1n) is 7.81. The van der Waals surface area contributed by atoms with Crippen LogP contribution >= 0.6 is 0 Å². The first-order valence-corrected chi connectivity index (χ1v) is 9.29. The van der Waals surface area contributed by atoms with Crippen LogP contribution < -0.4 is 4.74 Å². The summed E-state index contributed by atoms with van der Waals surface area (Å²) in [5.41, 5.74) is 2.15. The van der Waals surface area contributed by atoms with Crippen LogP contribution in [-0.4, -0.2) is 40.6 Å². The van der Waals surface area contributed by atoms with Gasteiger partial charge in [-0.3, -0.25) is 0 Å². The number of methoxy groups -OCH3 is 1. The minimum absolute atomic E-state index is 0.0629. The minimum atomic E-state index is -3.76. The molecule has 0 fully saturated rings. The molecule has 1 aliphatic heterocycles. The summed E-state index contributed by atoms with van der Waals surface area (Å²) in [6.07, 6.45) is 1.65. The zero-order valence-corrected chi connectivity index (χ0v) is 14.6. The first kappa shape index (κ1) is 16.9. The Kier molecular flexibility index (Phi) is 4.60. The maximum absolute atomic E-state index is 13.1. The van der Waals surface area contributed by atoms with E-state index in [4.69, 9.17) is 4.74 Å². The van der Waals surface area contributed by atoms with E-state index in [0.29, 0.717) is 5.75 Å². The average molecular weight is 349 g/mol. The van der Waals surface area contributed by atoms with Crippen molar-refractivity contribution in [1.82, 2.24) is 4.90 Å². The highest BCUT2D eigenvalue weighted by molar-refractivity contribution is 7.91. The molecule has 0 atom stereocenters. The molecule has 0 aliphatic carbocycles. The Morgan fingerprint density at radius 1 is 1.04 bits per heavy atom. The van der Waals surface area contributed by atoms with Gasteiger partial charge in [-0.1, -0.05) is 0 Å². The van der Waals surface area contributed by atoms with E-state index in [9.17, 15) is 12.8 Å². The second-order valence-electron chi connectivity index (χ2n) is 6.03. The molecule has 6 heteroatoms. The van der Waals surface area contributed by atoms with Crippen molar-refractivity contribution in [3.63, 3.8) is 0 Å². The predicted octanol–water partition coefficient (Wildman–Crippen LogP) is 2.70. The molecule has 128 valence electrons. The second kappa shape index (κ2) is 6.53. The topological polar surface area (TPSA) is 46.6 Å². The second-order valence-corrected chi connectivity index (χ2v) is 7.95. The Morgan fingerprint density at radius 3 is 2.21 bits per heavy atom. The molecule has 0 unspecified atom stereocenters. The van der Waals surface area contributed by atoms with Crippen LogP contribution in [0.4, 0.5) is 4.39 Å². The molecule has 2 aromatic carbocycles. The Hall–Kier alpha value is -1.92. The van der Waals surface area contributed by atoms with E-state index in [1.807, 2.05) is 6.07 Å². The standard InChI is InChI=1S/C18H20FNO3S/c1-20-9-7-13-11-17(23-2)18(12-14(13)8-10-20)24(21,22)16-5-3-15(19)4-6-16/h3-6,11-12H,7-10H2,1-2H3. The van der Waals surface area contributed by atoms with E-state index in [1.165, 1.54) is 19.2 Å². The van der Waals surface area contributed by atoms with Gasteiger partial charge < -0.3 is 9.64 Å². The average Bonchev–Trinajstić information content (AvgIpc) is 2.75. The van der Waals surface area contributed by atoms with Crippen LogP contribution in [-0.2, 0) is 22.7 Å². The first-order chi connectivity index (χ1) is 11.4. The third kappa shape index (κ3) is 3.16. The predicted molar refractivity (Wildman–Crippen MR) is 89.8 cm³/mol. The fraction of sp³-hybridized carbons (Fsp3) is 0.333. The molecule has 24 heavy (non-hydrogen) atoms. The number of likely N-dealkylation sites (N-methyl/N-ethyl adjacent to an activating group) is 1. The van der Waals surface area contributed by atoms with E-state index in [2.05, 4.69) is 11.9 Å². The van der Waals surface area contributed by atoms with E-state index in [1.54, 1.807) is 6.07 Å². The molecule has 1 heterocycles. The summed E-state index contributed by atoms with van der Waals surface area (Å²) in [5, 5.41) is 0. The molecular weight excluding hydrogens is 329 g/mol. The summed E-state index contributed by atoms with van der Waals surface area (Å²) in [7, 11) is -0.241. The Labute approximate surface area is 141 Å². The lowest BCUT2D eigenvalue weighted by atomic mass is 10.0. The number of fused-ring (bicyclic) bond motifs is 1. The van der Waals surface area contributed by atoms with Crippen LogP contribution in [0.2, 0.25) is 0 Å². The molecule has 3 rings (SSSR count). The van der Waals surface area contributed by atoms with Gasteiger partial charge in [-0.25, -0.2) is 12.8 Å². The highest BCUT2D eigenvalue weighted by atomic mass is 32.2. The van der Waals surface area contributed by atoms with Gasteiger partial charge in [-0.15, -0.1) is 0 Å². The van der Waals surface area contributed by atoms with E-state index >= 15 is 0 Å².